The van der Waals surface area contributed by atoms with Crippen LogP contribution in [-0.2, 0) is 23.9 Å². The molecule has 168 valence electrons. The largest absolute Gasteiger partial charge is 0.464 e. The van der Waals surface area contributed by atoms with Crippen LogP contribution in [0.15, 0.2) is 34.9 Å². The fourth-order valence-corrected chi connectivity index (χ4v) is 2.63. The summed E-state index contributed by atoms with van der Waals surface area (Å²) in [4.78, 5) is 50.9. The van der Waals surface area contributed by atoms with E-state index in [9.17, 15) is 19.2 Å². The summed E-state index contributed by atoms with van der Waals surface area (Å²) in [6, 6.07) is 4.70. The average molecular weight is 450 g/mol. The number of carbonyl (C=O) groups excluding carboxylic acids is 4. The number of hydrazone groups is 1. The smallest absolute Gasteiger partial charge is 0.355 e. The summed E-state index contributed by atoms with van der Waals surface area (Å²) in [5.74, 6) is -5.74. The summed E-state index contributed by atoms with van der Waals surface area (Å²) in [5.41, 5.74) is 3.18. The molecule has 31 heavy (non-hydrogen) atoms. The molecule has 8 nitrogen and oxygen atoms in total. The van der Waals surface area contributed by atoms with Crippen LogP contribution in [0.5, 0.6) is 0 Å². The highest BCUT2D eigenvalue weighted by Crippen LogP contribution is 2.20. The molecule has 1 amide bonds. The molecule has 0 aliphatic rings. The number of hydrogen-bond acceptors (Lipinski definition) is 7. The summed E-state index contributed by atoms with van der Waals surface area (Å²) in [5, 5.41) is 6.88. The molecular formula is C22H28ClN3O5. The van der Waals surface area contributed by atoms with Gasteiger partial charge in [0.05, 0.1) is 7.11 Å². The Labute approximate surface area is 187 Å². The highest BCUT2D eigenvalue weighted by Gasteiger charge is 2.39. The number of halogens is 1. The number of allylic oxidation sites excluding steroid dienone is 2. The molecule has 0 aliphatic carbocycles. The number of anilines is 1. The van der Waals surface area contributed by atoms with E-state index in [4.69, 9.17) is 16.3 Å². The molecule has 2 N–H and O–H groups in total. The number of rotatable bonds is 8. The first-order valence-corrected chi connectivity index (χ1v) is 9.87. The molecule has 1 rings (SSSR count). The molecule has 1 atom stereocenters. The topological polar surface area (TPSA) is 114 Å². The van der Waals surface area contributed by atoms with E-state index in [1.54, 1.807) is 53.7 Å². The average Bonchev–Trinajstić information content (AvgIpc) is 2.64. The summed E-state index contributed by atoms with van der Waals surface area (Å²) < 4.78 is 4.71. The number of benzene rings is 1. The Morgan fingerprint density at radius 1 is 1.16 bits per heavy atom. The minimum Gasteiger partial charge on any atom is -0.464 e. The molecular weight excluding hydrogens is 422 g/mol. The van der Waals surface area contributed by atoms with Crippen molar-refractivity contribution in [2.75, 3.05) is 12.4 Å². The third-order valence-corrected chi connectivity index (χ3v) is 4.05. The Morgan fingerprint density at radius 3 is 2.26 bits per heavy atom. The van der Waals surface area contributed by atoms with E-state index >= 15 is 0 Å². The maximum Gasteiger partial charge on any atom is 0.355 e. The number of ketones is 2. The molecule has 0 saturated heterocycles. The first-order valence-electron chi connectivity index (χ1n) is 9.50. The highest BCUT2D eigenvalue weighted by atomic mass is 35.5. The number of nitrogens with one attached hydrogen (secondary N) is 2. The Kier molecular flexibility index (Phi) is 9.12. The molecule has 0 spiro atoms. The minimum atomic E-state index is -1.77. The standard InChI is InChI=1S/C22H28ClN3O5/c1-12(2)10-16(27)17(18(21(30)31-7)25-26-22(4,5)6)19(28)20(29)24-15-9-8-14(23)11-13(15)3/h8-11,17,26H,1-7H3,(H,24,29)/b25-18-/t17-/m0/s1. The maximum absolute atomic E-state index is 13.0. The summed E-state index contributed by atoms with van der Waals surface area (Å²) >= 11 is 5.92. The van der Waals surface area contributed by atoms with Crippen molar-refractivity contribution in [1.29, 1.82) is 0 Å². The van der Waals surface area contributed by atoms with Crippen molar-refractivity contribution in [1.82, 2.24) is 5.43 Å². The molecule has 0 heterocycles. The van der Waals surface area contributed by atoms with Gasteiger partial charge in [-0.2, -0.15) is 5.10 Å². The lowest BCUT2D eigenvalue weighted by Gasteiger charge is -2.20. The van der Waals surface area contributed by atoms with Crippen molar-refractivity contribution in [2.24, 2.45) is 11.0 Å². The molecule has 0 unspecified atom stereocenters. The zero-order valence-corrected chi connectivity index (χ0v) is 19.5. The lowest BCUT2D eigenvalue weighted by Crippen LogP contribution is -2.44. The minimum absolute atomic E-state index is 0.348. The van der Waals surface area contributed by atoms with Crippen molar-refractivity contribution in [2.45, 2.75) is 47.1 Å². The van der Waals surface area contributed by atoms with Crippen LogP contribution < -0.4 is 10.7 Å². The van der Waals surface area contributed by atoms with Gasteiger partial charge >= 0.3 is 5.97 Å². The van der Waals surface area contributed by atoms with E-state index in [-0.39, 0.29) is 0 Å². The lowest BCUT2D eigenvalue weighted by atomic mass is 9.91. The van der Waals surface area contributed by atoms with Crippen molar-refractivity contribution in [3.63, 3.8) is 0 Å². The summed E-state index contributed by atoms with van der Waals surface area (Å²) in [7, 11) is 1.10. The fraction of sp³-hybridized carbons (Fsp3) is 0.409. The summed E-state index contributed by atoms with van der Waals surface area (Å²) in [6.07, 6.45) is 1.18. The number of methoxy groups -OCH3 is 1. The third kappa shape index (κ3) is 7.97. The molecule has 0 aliphatic heterocycles. The predicted molar refractivity (Wildman–Crippen MR) is 120 cm³/mol. The van der Waals surface area contributed by atoms with Crippen LogP contribution in [0.1, 0.15) is 40.2 Å². The quantitative estimate of drug-likeness (QED) is 0.157. The van der Waals surface area contributed by atoms with E-state index in [1.807, 2.05) is 0 Å². The maximum atomic E-state index is 13.0. The Balaban J connectivity index is 3.42. The van der Waals surface area contributed by atoms with Crippen LogP contribution in [-0.4, -0.2) is 41.8 Å². The second-order valence-electron chi connectivity index (χ2n) is 8.19. The summed E-state index contributed by atoms with van der Waals surface area (Å²) in [6.45, 7) is 10.3. The van der Waals surface area contributed by atoms with Gasteiger partial charge in [-0.15, -0.1) is 0 Å². The van der Waals surface area contributed by atoms with Gasteiger partial charge in [-0.25, -0.2) is 4.79 Å². The van der Waals surface area contributed by atoms with E-state index in [0.29, 0.717) is 21.8 Å². The van der Waals surface area contributed by atoms with E-state index < -0.39 is 40.6 Å². The van der Waals surface area contributed by atoms with Gasteiger partial charge in [0.15, 0.2) is 11.5 Å². The number of esters is 1. The monoisotopic (exact) mass is 449 g/mol. The Hall–Kier alpha value is -3.00. The van der Waals surface area contributed by atoms with E-state index in [0.717, 1.165) is 7.11 Å². The Bertz CT molecular complexity index is 941. The highest BCUT2D eigenvalue weighted by molar-refractivity contribution is 6.56. The van der Waals surface area contributed by atoms with E-state index in [2.05, 4.69) is 15.8 Å². The lowest BCUT2D eigenvalue weighted by molar-refractivity contribution is -0.140. The second kappa shape index (κ2) is 10.9. The number of Topliss-reactive ketones (excluding diaryl/α,β-unsaturated/α-hetero) is 1. The zero-order chi connectivity index (χ0) is 23.9. The number of ether oxygens (including phenoxy) is 1. The van der Waals surface area contributed by atoms with Crippen LogP contribution in [0, 0.1) is 12.8 Å². The van der Waals surface area contributed by atoms with Gasteiger partial charge in [-0.1, -0.05) is 17.2 Å². The van der Waals surface area contributed by atoms with Crippen molar-refractivity contribution in [3.05, 3.63) is 40.4 Å². The van der Waals surface area contributed by atoms with Crippen molar-refractivity contribution in [3.8, 4) is 0 Å². The van der Waals surface area contributed by atoms with Gasteiger partial charge in [0.1, 0.15) is 5.92 Å². The van der Waals surface area contributed by atoms with Gasteiger partial charge in [-0.3, -0.25) is 14.4 Å². The molecule has 0 bridgehead atoms. The van der Waals surface area contributed by atoms with Crippen LogP contribution >= 0.6 is 11.6 Å². The van der Waals surface area contributed by atoms with E-state index in [1.165, 1.54) is 12.1 Å². The first kappa shape index (κ1) is 26.0. The molecule has 1 aromatic rings. The fourth-order valence-electron chi connectivity index (χ4n) is 2.40. The van der Waals surface area contributed by atoms with Crippen LogP contribution in [0.25, 0.3) is 0 Å². The van der Waals surface area contributed by atoms with Crippen LogP contribution in [0.3, 0.4) is 0 Å². The van der Waals surface area contributed by atoms with Gasteiger partial charge in [0.2, 0.25) is 5.78 Å². The van der Waals surface area contributed by atoms with Gasteiger partial charge < -0.3 is 15.5 Å². The molecule has 9 heteroatoms. The van der Waals surface area contributed by atoms with Gasteiger partial charge in [0, 0.05) is 16.2 Å². The van der Waals surface area contributed by atoms with Crippen molar-refractivity contribution < 1.29 is 23.9 Å². The molecule has 0 fully saturated rings. The van der Waals surface area contributed by atoms with Gasteiger partial charge in [-0.05, 0) is 71.4 Å². The molecule has 0 aromatic heterocycles. The number of aryl methyl sites for hydroxylation is 1. The molecule has 0 radical (unpaired) electrons. The number of nitrogens with zero attached hydrogens (tertiary/aromatic N) is 1. The number of amides is 1. The normalized spacial score (nSPS) is 12.5. The third-order valence-electron chi connectivity index (χ3n) is 3.82. The van der Waals surface area contributed by atoms with Crippen LogP contribution in [0.2, 0.25) is 5.02 Å². The second-order valence-corrected chi connectivity index (χ2v) is 8.62. The van der Waals surface area contributed by atoms with Gasteiger partial charge in [0.25, 0.3) is 5.91 Å². The zero-order valence-electron chi connectivity index (χ0n) is 18.8. The van der Waals surface area contributed by atoms with Crippen molar-refractivity contribution >= 4 is 46.4 Å². The number of hydrogen-bond donors (Lipinski definition) is 2. The van der Waals surface area contributed by atoms with Crippen LogP contribution in [0.4, 0.5) is 5.69 Å². The number of carbonyl (C=O) groups is 4. The first-order chi connectivity index (χ1) is 14.3. The predicted octanol–water partition coefficient (Wildman–Crippen LogP) is 3.22. The molecule has 0 saturated carbocycles. The molecule has 1 aromatic carbocycles. The SMILES string of the molecule is COC(=O)/C(=N\NC(C)(C)C)[C@H](C(=O)C=C(C)C)C(=O)C(=O)Nc1ccc(Cl)cc1C. The Morgan fingerprint density at radius 2 is 1.77 bits per heavy atom.